The number of amides is 1. The Kier molecular flexibility index (Phi) is 5.49. The molecular weight excluding hydrogens is 258 g/mol. The number of aromatic nitrogens is 2. The molecule has 1 aromatic heterocycles. The minimum Gasteiger partial charge on any atom is -0.354 e. The van der Waals surface area contributed by atoms with Gasteiger partial charge in [-0.05, 0) is 30.4 Å². The Labute approximate surface area is 117 Å². The predicted molar refractivity (Wildman–Crippen MR) is 77.0 cm³/mol. The number of thioether (sulfide) groups is 1. The summed E-state index contributed by atoms with van der Waals surface area (Å²) in [4.78, 5) is 12.8. The molecule has 0 aliphatic heterocycles. The Balaban J connectivity index is 1.56. The van der Waals surface area contributed by atoms with E-state index >= 15 is 0 Å². The molecule has 5 heteroatoms. The lowest BCUT2D eigenvalue weighted by atomic mass is 10.4. The number of nitrogens with zero attached hydrogens (tertiary/aromatic N) is 2. The van der Waals surface area contributed by atoms with Crippen molar-refractivity contribution < 1.29 is 4.79 Å². The fourth-order valence-electron chi connectivity index (χ4n) is 1.60. The molecule has 2 aromatic rings. The second-order valence-corrected chi connectivity index (χ2v) is 5.24. The standard InChI is InChI=1S/C14H17N3OS/c18-14(12-17-10-4-9-16-17)15-8-5-11-19-13-6-2-1-3-7-13/h1-4,6-7,9-10H,5,8,11-12H2,(H,15,18). The summed E-state index contributed by atoms with van der Waals surface area (Å²) in [6.45, 7) is 0.999. The van der Waals surface area contributed by atoms with E-state index < -0.39 is 0 Å². The highest BCUT2D eigenvalue weighted by atomic mass is 32.2. The molecule has 1 heterocycles. The van der Waals surface area contributed by atoms with Crippen molar-refractivity contribution in [3.8, 4) is 0 Å². The quantitative estimate of drug-likeness (QED) is 0.622. The van der Waals surface area contributed by atoms with Gasteiger partial charge >= 0.3 is 0 Å². The lowest BCUT2D eigenvalue weighted by Crippen LogP contribution is -2.28. The molecule has 100 valence electrons. The molecule has 0 saturated carbocycles. The van der Waals surface area contributed by atoms with Crippen LogP contribution in [-0.2, 0) is 11.3 Å². The van der Waals surface area contributed by atoms with Crippen LogP contribution in [-0.4, -0.2) is 28.0 Å². The Morgan fingerprint density at radius 2 is 2.11 bits per heavy atom. The topological polar surface area (TPSA) is 46.9 Å². The zero-order valence-electron chi connectivity index (χ0n) is 10.7. The highest BCUT2D eigenvalue weighted by Crippen LogP contribution is 2.17. The molecule has 0 aliphatic rings. The normalized spacial score (nSPS) is 10.3. The summed E-state index contributed by atoms with van der Waals surface area (Å²) in [5.74, 6) is 1.01. The lowest BCUT2D eigenvalue weighted by Gasteiger charge is -2.05. The third-order valence-corrected chi connectivity index (χ3v) is 3.62. The largest absolute Gasteiger partial charge is 0.354 e. The molecule has 0 spiro atoms. The summed E-state index contributed by atoms with van der Waals surface area (Å²) < 4.78 is 1.62. The summed E-state index contributed by atoms with van der Waals surface area (Å²) >= 11 is 1.81. The third-order valence-electron chi connectivity index (χ3n) is 2.52. The van der Waals surface area contributed by atoms with E-state index in [9.17, 15) is 4.79 Å². The highest BCUT2D eigenvalue weighted by molar-refractivity contribution is 7.99. The number of rotatable bonds is 7. The predicted octanol–water partition coefficient (Wildman–Crippen LogP) is 2.18. The summed E-state index contributed by atoms with van der Waals surface area (Å²) in [6, 6.07) is 12.1. The SMILES string of the molecule is O=C(Cn1cccn1)NCCCSc1ccccc1. The fraction of sp³-hybridized carbons (Fsp3) is 0.286. The van der Waals surface area contributed by atoms with Crippen LogP contribution in [0.2, 0.25) is 0 Å². The van der Waals surface area contributed by atoms with E-state index in [1.165, 1.54) is 4.90 Å². The zero-order chi connectivity index (χ0) is 13.3. The van der Waals surface area contributed by atoms with E-state index in [-0.39, 0.29) is 5.91 Å². The van der Waals surface area contributed by atoms with Crippen LogP contribution in [0, 0.1) is 0 Å². The first kappa shape index (κ1) is 13.7. The minimum atomic E-state index is 0.00779. The lowest BCUT2D eigenvalue weighted by molar-refractivity contribution is -0.121. The van der Waals surface area contributed by atoms with Gasteiger partial charge in [0.2, 0.25) is 5.91 Å². The van der Waals surface area contributed by atoms with Gasteiger partial charge in [-0.25, -0.2) is 0 Å². The summed E-state index contributed by atoms with van der Waals surface area (Å²) in [5, 5.41) is 6.89. The molecule has 1 amide bonds. The Hall–Kier alpha value is -1.75. The van der Waals surface area contributed by atoms with Crippen molar-refractivity contribution in [2.75, 3.05) is 12.3 Å². The van der Waals surface area contributed by atoms with Crippen LogP contribution in [0.25, 0.3) is 0 Å². The van der Waals surface area contributed by atoms with Crippen LogP contribution >= 0.6 is 11.8 Å². The number of carbonyl (C=O) groups excluding carboxylic acids is 1. The number of benzene rings is 1. The van der Waals surface area contributed by atoms with Gasteiger partial charge in [0.25, 0.3) is 0 Å². The van der Waals surface area contributed by atoms with Crippen molar-refractivity contribution in [1.82, 2.24) is 15.1 Å². The van der Waals surface area contributed by atoms with Crippen molar-refractivity contribution in [3.63, 3.8) is 0 Å². The van der Waals surface area contributed by atoms with Crippen molar-refractivity contribution >= 4 is 17.7 Å². The van der Waals surface area contributed by atoms with Crippen LogP contribution < -0.4 is 5.32 Å². The first-order valence-electron chi connectivity index (χ1n) is 6.26. The maximum Gasteiger partial charge on any atom is 0.241 e. The van der Waals surface area contributed by atoms with Gasteiger partial charge < -0.3 is 5.32 Å². The Bertz CT molecular complexity index is 485. The summed E-state index contributed by atoms with van der Waals surface area (Å²) in [7, 11) is 0. The van der Waals surface area contributed by atoms with E-state index in [2.05, 4.69) is 22.5 Å². The molecule has 0 radical (unpaired) electrons. The number of carbonyl (C=O) groups is 1. The minimum absolute atomic E-state index is 0.00779. The molecule has 1 aromatic carbocycles. The second-order valence-electron chi connectivity index (χ2n) is 4.07. The molecular formula is C14H17N3OS. The molecule has 0 atom stereocenters. The Morgan fingerprint density at radius 3 is 2.84 bits per heavy atom. The molecule has 0 saturated heterocycles. The molecule has 19 heavy (non-hydrogen) atoms. The van der Waals surface area contributed by atoms with Crippen LogP contribution in [0.15, 0.2) is 53.7 Å². The van der Waals surface area contributed by atoms with Gasteiger partial charge in [-0.3, -0.25) is 9.48 Å². The van der Waals surface area contributed by atoms with Gasteiger partial charge in [0, 0.05) is 23.8 Å². The smallest absolute Gasteiger partial charge is 0.241 e. The summed E-state index contributed by atoms with van der Waals surface area (Å²) in [6.07, 6.45) is 4.42. The molecule has 0 fully saturated rings. The van der Waals surface area contributed by atoms with Crippen molar-refractivity contribution in [1.29, 1.82) is 0 Å². The Morgan fingerprint density at radius 1 is 1.26 bits per heavy atom. The van der Waals surface area contributed by atoms with Crippen LogP contribution in [0.4, 0.5) is 0 Å². The van der Waals surface area contributed by atoms with Gasteiger partial charge in [-0.2, -0.15) is 5.10 Å². The monoisotopic (exact) mass is 275 g/mol. The van der Waals surface area contributed by atoms with Crippen molar-refractivity contribution in [2.24, 2.45) is 0 Å². The van der Waals surface area contributed by atoms with Crippen LogP contribution in [0.3, 0.4) is 0 Å². The van der Waals surface area contributed by atoms with Gasteiger partial charge in [-0.1, -0.05) is 18.2 Å². The van der Waals surface area contributed by atoms with Gasteiger partial charge in [0.15, 0.2) is 0 Å². The molecule has 0 unspecified atom stereocenters. The van der Waals surface area contributed by atoms with Crippen LogP contribution in [0.1, 0.15) is 6.42 Å². The van der Waals surface area contributed by atoms with Crippen molar-refractivity contribution in [2.45, 2.75) is 17.9 Å². The first-order valence-corrected chi connectivity index (χ1v) is 7.25. The molecule has 1 N–H and O–H groups in total. The van der Waals surface area contributed by atoms with Crippen LogP contribution in [0.5, 0.6) is 0 Å². The van der Waals surface area contributed by atoms with E-state index in [0.29, 0.717) is 13.1 Å². The van der Waals surface area contributed by atoms with E-state index in [1.54, 1.807) is 17.1 Å². The second kappa shape index (κ2) is 7.63. The van der Waals surface area contributed by atoms with Gasteiger partial charge in [-0.15, -0.1) is 11.8 Å². The van der Waals surface area contributed by atoms with E-state index in [4.69, 9.17) is 0 Å². The van der Waals surface area contributed by atoms with Gasteiger partial charge in [0.05, 0.1) is 0 Å². The molecule has 4 nitrogen and oxygen atoms in total. The third kappa shape index (κ3) is 5.18. The fourth-order valence-corrected chi connectivity index (χ4v) is 2.48. The van der Waals surface area contributed by atoms with E-state index in [1.807, 2.05) is 36.0 Å². The summed E-state index contributed by atoms with van der Waals surface area (Å²) in [5.41, 5.74) is 0. The molecule has 0 aliphatic carbocycles. The van der Waals surface area contributed by atoms with Crippen molar-refractivity contribution in [3.05, 3.63) is 48.8 Å². The maximum absolute atomic E-state index is 11.6. The zero-order valence-corrected chi connectivity index (χ0v) is 11.5. The number of nitrogens with one attached hydrogen (secondary N) is 1. The average molecular weight is 275 g/mol. The highest BCUT2D eigenvalue weighted by Gasteiger charge is 2.01. The number of hydrogen-bond donors (Lipinski definition) is 1. The van der Waals surface area contributed by atoms with E-state index in [0.717, 1.165) is 12.2 Å². The average Bonchev–Trinajstić information content (AvgIpc) is 2.92. The maximum atomic E-state index is 11.6. The number of hydrogen-bond acceptors (Lipinski definition) is 3. The first-order chi connectivity index (χ1) is 9.34. The molecule has 2 rings (SSSR count). The van der Waals surface area contributed by atoms with Gasteiger partial charge in [0.1, 0.15) is 6.54 Å². The molecule has 0 bridgehead atoms.